The van der Waals surface area contributed by atoms with Gasteiger partial charge in [0, 0.05) is 18.7 Å². The number of ether oxygens (including phenoxy) is 1. The Morgan fingerprint density at radius 1 is 1.40 bits per heavy atom. The third kappa shape index (κ3) is 3.02. The summed E-state index contributed by atoms with van der Waals surface area (Å²) in [6, 6.07) is 7.80. The van der Waals surface area contributed by atoms with Crippen molar-refractivity contribution in [1.29, 1.82) is 0 Å². The molecule has 130 valence electrons. The molecule has 3 aromatic rings. The first-order chi connectivity index (χ1) is 12.1. The molecule has 3 N–H and O–H groups in total. The molecule has 0 aliphatic carbocycles. The summed E-state index contributed by atoms with van der Waals surface area (Å²) in [6.45, 7) is 2.76. The quantitative estimate of drug-likeness (QED) is 0.711. The van der Waals surface area contributed by atoms with Crippen LogP contribution in [-0.4, -0.2) is 32.5 Å². The van der Waals surface area contributed by atoms with E-state index in [9.17, 15) is 4.79 Å². The molecule has 1 aromatic carbocycles. The molecule has 2 aromatic heterocycles. The summed E-state index contributed by atoms with van der Waals surface area (Å²) in [5.41, 5.74) is 8.11. The van der Waals surface area contributed by atoms with Gasteiger partial charge in [0.2, 0.25) is 0 Å². The third-order valence-corrected chi connectivity index (χ3v) is 4.73. The van der Waals surface area contributed by atoms with Crippen molar-refractivity contribution in [3.63, 3.8) is 0 Å². The molecule has 1 aliphatic rings. The van der Waals surface area contributed by atoms with Gasteiger partial charge in [-0.2, -0.15) is 5.10 Å². The van der Waals surface area contributed by atoms with Crippen molar-refractivity contribution in [2.75, 3.05) is 12.3 Å². The van der Waals surface area contributed by atoms with E-state index in [-0.39, 0.29) is 17.7 Å². The molecular formula is C18H21N5O2. The number of nitrogen functional groups attached to an aromatic ring is 1. The number of hydrogen-bond acceptors (Lipinski definition) is 5. The van der Waals surface area contributed by atoms with E-state index in [1.807, 2.05) is 28.9 Å². The smallest absolute Gasteiger partial charge is 0.262 e. The van der Waals surface area contributed by atoms with Gasteiger partial charge in [0.05, 0.1) is 18.3 Å². The van der Waals surface area contributed by atoms with Crippen LogP contribution in [0.15, 0.2) is 35.3 Å². The summed E-state index contributed by atoms with van der Waals surface area (Å²) in [4.78, 5) is 20.0. The van der Waals surface area contributed by atoms with Crippen LogP contribution in [0.25, 0.3) is 11.0 Å². The number of H-pyrrole nitrogens is 1. The fraction of sp³-hybridized carbons (Fsp3) is 0.389. The Bertz CT molecular complexity index is 961. The van der Waals surface area contributed by atoms with Crippen molar-refractivity contribution in [2.45, 2.75) is 38.3 Å². The van der Waals surface area contributed by atoms with E-state index in [4.69, 9.17) is 10.5 Å². The summed E-state index contributed by atoms with van der Waals surface area (Å²) in [7, 11) is 0. The second kappa shape index (κ2) is 6.33. The number of hydrogen-bond donors (Lipinski definition) is 2. The Kier molecular flexibility index (Phi) is 4.01. The predicted molar refractivity (Wildman–Crippen MR) is 95.5 cm³/mol. The molecule has 25 heavy (non-hydrogen) atoms. The van der Waals surface area contributed by atoms with Gasteiger partial charge in [-0.25, -0.2) is 9.67 Å². The monoisotopic (exact) mass is 339 g/mol. The molecule has 0 radical (unpaired) electrons. The fourth-order valence-electron chi connectivity index (χ4n) is 3.40. The molecule has 1 saturated heterocycles. The van der Waals surface area contributed by atoms with Gasteiger partial charge in [-0.3, -0.25) is 4.79 Å². The van der Waals surface area contributed by atoms with Gasteiger partial charge in [-0.1, -0.05) is 18.2 Å². The standard InChI is InChI=1S/C18H21N5O2/c1-11-8-13(6-7-25-11)23-17-14(10-20-23)18(24)22-16(21-17)9-12-4-2-3-5-15(12)19/h2-5,10-11,13H,6-9,19H2,1H3,(H,21,22,24). The number of rotatable bonds is 3. The summed E-state index contributed by atoms with van der Waals surface area (Å²) in [5.74, 6) is 0.595. The number of benzene rings is 1. The van der Waals surface area contributed by atoms with Crippen molar-refractivity contribution >= 4 is 16.7 Å². The van der Waals surface area contributed by atoms with Crippen LogP contribution in [0.5, 0.6) is 0 Å². The van der Waals surface area contributed by atoms with Gasteiger partial charge < -0.3 is 15.5 Å². The van der Waals surface area contributed by atoms with Crippen LogP contribution in [-0.2, 0) is 11.2 Å². The highest BCUT2D eigenvalue weighted by Crippen LogP contribution is 2.26. The number of nitrogens with one attached hydrogen (secondary N) is 1. The van der Waals surface area contributed by atoms with Crippen molar-refractivity contribution in [3.05, 3.63) is 52.2 Å². The van der Waals surface area contributed by atoms with E-state index in [0.717, 1.165) is 18.4 Å². The lowest BCUT2D eigenvalue weighted by molar-refractivity contribution is 0.00431. The van der Waals surface area contributed by atoms with Crippen molar-refractivity contribution in [1.82, 2.24) is 19.7 Å². The minimum Gasteiger partial charge on any atom is -0.398 e. The van der Waals surface area contributed by atoms with Crippen LogP contribution in [0.3, 0.4) is 0 Å². The third-order valence-electron chi connectivity index (χ3n) is 4.73. The summed E-state index contributed by atoms with van der Waals surface area (Å²) >= 11 is 0. The molecule has 7 heteroatoms. The number of nitrogens with zero attached hydrogens (tertiary/aromatic N) is 3. The van der Waals surface area contributed by atoms with E-state index < -0.39 is 0 Å². The molecule has 1 aliphatic heterocycles. The Morgan fingerprint density at radius 3 is 3.04 bits per heavy atom. The zero-order chi connectivity index (χ0) is 17.4. The van der Waals surface area contributed by atoms with Crippen molar-refractivity contribution in [2.24, 2.45) is 0 Å². The zero-order valence-electron chi connectivity index (χ0n) is 14.1. The SMILES string of the molecule is CC1CC(n2ncc3c(=O)[nH]c(Cc4ccccc4N)nc32)CCO1. The first-order valence-corrected chi connectivity index (χ1v) is 8.53. The summed E-state index contributed by atoms with van der Waals surface area (Å²) in [5, 5.41) is 4.95. The molecule has 7 nitrogen and oxygen atoms in total. The minimum atomic E-state index is -0.166. The molecule has 0 spiro atoms. The molecule has 3 heterocycles. The Balaban J connectivity index is 1.74. The lowest BCUT2D eigenvalue weighted by Crippen LogP contribution is -2.26. The number of aromatic amines is 1. The lowest BCUT2D eigenvalue weighted by Gasteiger charge is -2.27. The van der Waals surface area contributed by atoms with Crippen LogP contribution >= 0.6 is 0 Å². The number of anilines is 1. The average molecular weight is 339 g/mol. The van der Waals surface area contributed by atoms with Gasteiger partial charge in [0.25, 0.3) is 5.56 Å². The Labute approximate surface area is 144 Å². The first-order valence-electron chi connectivity index (χ1n) is 8.53. The van der Waals surface area contributed by atoms with Gasteiger partial charge in [0.15, 0.2) is 5.65 Å². The largest absolute Gasteiger partial charge is 0.398 e. The van der Waals surface area contributed by atoms with Crippen LogP contribution < -0.4 is 11.3 Å². The average Bonchev–Trinajstić information content (AvgIpc) is 3.01. The van der Waals surface area contributed by atoms with Gasteiger partial charge in [0.1, 0.15) is 11.2 Å². The van der Waals surface area contributed by atoms with E-state index in [0.29, 0.717) is 35.6 Å². The minimum absolute atomic E-state index is 0.166. The number of aromatic nitrogens is 4. The van der Waals surface area contributed by atoms with Crippen LogP contribution in [0, 0.1) is 0 Å². The molecule has 2 unspecified atom stereocenters. The normalized spacial score (nSPS) is 20.8. The van der Waals surface area contributed by atoms with Crippen molar-refractivity contribution in [3.8, 4) is 0 Å². The maximum Gasteiger partial charge on any atom is 0.262 e. The van der Waals surface area contributed by atoms with E-state index in [1.54, 1.807) is 6.20 Å². The molecule has 0 amide bonds. The Hall–Kier alpha value is -2.67. The number of para-hydroxylation sites is 1. The zero-order valence-corrected chi connectivity index (χ0v) is 14.1. The van der Waals surface area contributed by atoms with Gasteiger partial charge in [-0.05, 0) is 31.4 Å². The molecule has 0 bridgehead atoms. The molecular weight excluding hydrogens is 318 g/mol. The van der Waals surface area contributed by atoms with Crippen LogP contribution in [0.2, 0.25) is 0 Å². The van der Waals surface area contributed by atoms with E-state index in [2.05, 4.69) is 22.0 Å². The number of fused-ring (bicyclic) bond motifs is 1. The summed E-state index contributed by atoms with van der Waals surface area (Å²) < 4.78 is 7.49. The van der Waals surface area contributed by atoms with Crippen molar-refractivity contribution < 1.29 is 4.74 Å². The highest BCUT2D eigenvalue weighted by molar-refractivity contribution is 5.73. The summed E-state index contributed by atoms with van der Waals surface area (Å²) in [6.07, 6.45) is 4.00. The second-order valence-electron chi connectivity index (χ2n) is 6.57. The van der Waals surface area contributed by atoms with Gasteiger partial charge >= 0.3 is 0 Å². The Morgan fingerprint density at radius 2 is 2.24 bits per heavy atom. The van der Waals surface area contributed by atoms with E-state index >= 15 is 0 Å². The van der Waals surface area contributed by atoms with Gasteiger partial charge in [-0.15, -0.1) is 0 Å². The first kappa shape index (κ1) is 15.8. The van der Waals surface area contributed by atoms with Crippen LogP contribution in [0.1, 0.15) is 37.2 Å². The highest BCUT2D eigenvalue weighted by atomic mass is 16.5. The highest BCUT2D eigenvalue weighted by Gasteiger charge is 2.24. The maximum absolute atomic E-state index is 12.4. The molecule has 0 saturated carbocycles. The second-order valence-corrected chi connectivity index (χ2v) is 6.57. The van der Waals surface area contributed by atoms with Crippen LogP contribution in [0.4, 0.5) is 5.69 Å². The molecule has 1 fully saturated rings. The topological polar surface area (TPSA) is 98.8 Å². The lowest BCUT2D eigenvalue weighted by atomic mass is 10.0. The maximum atomic E-state index is 12.4. The number of nitrogens with two attached hydrogens (primary N) is 1. The fourth-order valence-corrected chi connectivity index (χ4v) is 3.40. The molecule has 2 atom stereocenters. The predicted octanol–water partition coefficient (Wildman–Crippen LogP) is 2.03. The molecule has 4 rings (SSSR count). The van der Waals surface area contributed by atoms with E-state index in [1.165, 1.54) is 0 Å².